The van der Waals surface area contributed by atoms with E-state index in [-0.39, 0.29) is 18.1 Å². The van der Waals surface area contributed by atoms with Gasteiger partial charge in [0.1, 0.15) is 30.0 Å². The van der Waals surface area contributed by atoms with E-state index in [2.05, 4.69) is 15.3 Å². The molecule has 3 rings (SSSR count). The summed E-state index contributed by atoms with van der Waals surface area (Å²) in [6.45, 7) is -3.96. The van der Waals surface area contributed by atoms with Gasteiger partial charge in [-0.3, -0.25) is 9.79 Å². The number of benzene rings is 1. The summed E-state index contributed by atoms with van der Waals surface area (Å²) < 4.78 is 86.1. The Kier molecular flexibility index (Phi) is 3.95. The van der Waals surface area contributed by atoms with Crippen molar-refractivity contribution in [2.75, 3.05) is 18.5 Å². The van der Waals surface area contributed by atoms with Crippen molar-refractivity contribution in [2.24, 2.45) is 10.7 Å². The molecule has 7 nitrogen and oxygen atoms in total. The van der Waals surface area contributed by atoms with Crippen LogP contribution in [-0.2, 0) is 10.3 Å². The first kappa shape index (κ1) is 14.5. The largest absolute Gasteiger partial charge is 0.385 e. The maximum absolute atomic E-state index is 14.6. The summed E-state index contributed by atoms with van der Waals surface area (Å²) in [6.07, 6.45) is -4.03. The number of hydrogen-bond acceptors (Lipinski definition) is 6. The summed E-state index contributed by atoms with van der Waals surface area (Å²) in [7, 11) is 0. The van der Waals surface area contributed by atoms with Gasteiger partial charge in [0.2, 0.25) is 0 Å². The SMILES string of the molecule is [2H]c1nc(C(=O)Nc2ccc(F)c(C3(C(F)F)COCC(N)=N3)c2)c(C([2H])([2H])[2H])c([2H])c1C#N. The Morgan fingerprint density at radius 1 is 1.55 bits per heavy atom. The van der Waals surface area contributed by atoms with Crippen LogP contribution in [0, 0.1) is 24.0 Å². The van der Waals surface area contributed by atoms with Gasteiger partial charge in [0, 0.05) is 21.5 Å². The van der Waals surface area contributed by atoms with Gasteiger partial charge in [0.05, 0.1) is 14.9 Å². The minimum absolute atomic E-state index is 0.223. The van der Waals surface area contributed by atoms with E-state index in [4.69, 9.17) is 22.6 Å². The number of aromatic nitrogens is 1. The molecule has 1 aromatic heterocycles. The van der Waals surface area contributed by atoms with Crippen LogP contribution in [0.4, 0.5) is 18.9 Å². The summed E-state index contributed by atoms with van der Waals surface area (Å²) in [5.74, 6) is -2.58. The van der Waals surface area contributed by atoms with Gasteiger partial charge in [-0.05, 0) is 36.7 Å². The number of aliphatic imine (C=N–C) groups is 1. The van der Waals surface area contributed by atoms with E-state index in [0.29, 0.717) is 0 Å². The van der Waals surface area contributed by atoms with Crippen LogP contribution in [0.3, 0.4) is 0 Å². The van der Waals surface area contributed by atoms with E-state index < -0.39 is 71.7 Å². The molecule has 0 saturated carbocycles. The van der Waals surface area contributed by atoms with Crippen LogP contribution in [0.5, 0.6) is 0 Å². The van der Waals surface area contributed by atoms with Gasteiger partial charge in [-0.2, -0.15) is 5.26 Å². The molecular formula is C19H16F3N5O2. The van der Waals surface area contributed by atoms with E-state index in [1.54, 1.807) is 0 Å². The summed E-state index contributed by atoms with van der Waals surface area (Å²) in [6, 6.07) is 3.31. The maximum Gasteiger partial charge on any atom is 0.274 e. The molecule has 0 bridgehead atoms. The van der Waals surface area contributed by atoms with Crippen molar-refractivity contribution in [1.82, 2.24) is 4.98 Å². The second kappa shape index (κ2) is 7.89. The number of nitrogens with two attached hydrogens (primary N) is 1. The van der Waals surface area contributed by atoms with Gasteiger partial charge in [0.15, 0.2) is 5.54 Å². The van der Waals surface area contributed by atoms with Crippen molar-refractivity contribution < 1.29 is 29.6 Å². The van der Waals surface area contributed by atoms with Gasteiger partial charge < -0.3 is 15.8 Å². The van der Waals surface area contributed by atoms with Gasteiger partial charge in [-0.25, -0.2) is 18.2 Å². The number of carbonyl (C=O) groups excluding carboxylic acids is 1. The highest BCUT2D eigenvalue weighted by atomic mass is 19.3. The molecule has 0 spiro atoms. The van der Waals surface area contributed by atoms with Crippen molar-refractivity contribution in [3.8, 4) is 6.07 Å². The number of amides is 1. The lowest BCUT2D eigenvalue weighted by atomic mass is 9.90. The lowest BCUT2D eigenvalue weighted by molar-refractivity contribution is -0.0145. The van der Waals surface area contributed by atoms with Crippen LogP contribution in [0.2, 0.25) is 0 Å². The Bertz CT molecular complexity index is 1230. The van der Waals surface area contributed by atoms with E-state index >= 15 is 0 Å². The van der Waals surface area contributed by atoms with Gasteiger partial charge >= 0.3 is 0 Å². The molecule has 0 aliphatic carbocycles. The number of nitriles is 1. The zero-order valence-electron chi connectivity index (χ0n) is 19.6. The van der Waals surface area contributed by atoms with Gasteiger partial charge in [-0.15, -0.1) is 0 Å². The molecule has 0 radical (unpaired) electrons. The number of halogens is 3. The second-order valence-electron chi connectivity index (χ2n) is 6.03. The molecule has 2 heterocycles. The molecule has 2 aromatic rings. The first-order chi connectivity index (χ1) is 15.8. The normalized spacial score (nSPS) is 21.8. The van der Waals surface area contributed by atoms with Gasteiger partial charge in [-0.1, -0.05) is 0 Å². The van der Waals surface area contributed by atoms with E-state index in [1.807, 2.05) is 0 Å². The predicted molar refractivity (Wildman–Crippen MR) is 98.2 cm³/mol. The lowest BCUT2D eigenvalue weighted by Crippen LogP contribution is -2.45. The number of nitrogens with zero attached hydrogens (tertiary/aromatic N) is 3. The zero-order valence-corrected chi connectivity index (χ0v) is 14.6. The Labute approximate surface area is 171 Å². The average molecular weight is 408 g/mol. The van der Waals surface area contributed by atoms with Crippen LogP contribution in [0.25, 0.3) is 0 Å². The molecule has 150 valence electrons. The van der Waals surface area contributed by atoms with E-state index in [9.17, 15) is 18.0 Å². The molecule has 1 unspecified atom stereocenters. The molecule has 1 amide bonds. The molecule has 29 heavy (non-hydrogen) atoms. The zero-order chi connectivity index (χ0) is 25.4. The number of nitrogens with one attached hydrogen (secondary N) is 1. The minimum atomic E-state index is -3.23. The summed E-state index contributed by atoms with van der Waals surface area (Å²) in [4.78, 5) is 20.1. The first-order valence-corrected chi connectivity index (χ1v) is 8.05. The number of hydrogen-bond donors (Lipinski definition) is 2. The monoisotopic (exact) mass is 408 g/mol. The number of amidine groups is 1. The standard InChI is InChI=1S/C19H16F3N5O2/c1-10-4-11(6-23)7-25-16(10)17(28)26-12-2-3-14(20)13(5-12)19(18(21)22)9-29-8-15(24)27-19/h2-5,7,18H,8-9H2,1H3,(H2,24,27)(H,26,28)/i1D3,4D,7D. The molecule has 3 N–H and O–H groups in total. The Morgan fingerprint density at radius 3 is 3.00 bits per heavy atom. The Morgan fingerprint density at radius 2 is 2.34 bits per heavy atom. The average Bonchev–Trinajstić information content (AvgIpc) is 2.73. The highest BCUT2D eigenvalue weighted by Crippen LogP contribution is 2.38. The van der Waals surface area contributed by atoms with E-state index in [0.717, 1.165) is 18.2 Å². The number of rotatable bonds is 4. The number of pyridine rings is 1. The molecule has 1 atom stereocenters. The van der Waals surface area contributed by atoms with Gasteiger partial charge in [0.25, 0.3) is 12.3 Å². The molecule has 1 aliphatic rings. The summed E-state index contributed by atoms with van der Waals surface area (Å²) in [5.41, 5.74) is -0.180. The highest BCUT2D eigenvalue weighted by Gasteiger charge is 2.46. The molecule has 10 heteroatoms. The fourth-order valence-electron chi connectivity index (χ4n) is 2.72. The smallest absolute Gasteiger partial charge is 0.274 e. The fourth-order valence-corrected chi connectivity index (χ4v) is 2.72. The Balaban J connectivity index is 2.09. The van der Waals surface area contributed by atoms with E-state index in [1.165, 1.54) is 6.07 Å². The number of alkyl halides is 2. The summed E-state index contributed by atoms with van der Waals surface area (Å²) in [5, 5.41) is 11.3. The molecule has 0 fully saturated rings. The first-order valence-electron chi connectivity index (χ1n) is 10.5. The van der Waals surface area contributed by atoms with Crippen LogP contribution < -0.4 is 11.1 Å². The number of carbonyl (C=O) groups is 1. The van der Waals surface area contributed by atoms with Crippen molar-refractivity contribution in [2.45, 2.75) is 18.8 Å². The predicted octanol–water partition coefficient (Wildman–Crippen LogP) is 2.50. The molecule has 1 aromatic carbocycles. The minimum Gasteiger partial charge on any atom is -0.385 e. The number of anilines is 1. The van der Waals surface area contributed by atoms with Crippen LogP contribution in [0.1, 0.15) is 34.0 Å². The third-order valence-corrected chi connectivity index (χ3v) is 4.06. The van der Waals surface area contributed by atoms with Crippen LogP contribution in [-0.4, -0.2) is 36.4 Å². The Hall–Kier alpha value is -3.45. The van der Waals surface area contributed by atoms with Crippen molar-refractivity contribution in [3.63, 3.8) is 0 Å². The summed E-state index contributed by atoms with van der Waals surface area (Å²) >= 11 is 0. The van der Waals surface area contributed by atoms with Crippen molar-refractivity contribution in [1.29, 1.82) is 5.26 Å². The topological polar surface area (TPSA) is 113 Å². The van der Waals surface area contributed by atoms with Crippen molar-refractivity contribution in [3.05, 3.63) is 58.6 Å². The second-order valence-corrected chi connectivity index (χ2v) is 6.03. The third-order valence-electron chi connectivity index (χ3n) is 4.06. The molecule has 0 saturated heterocycles. The highest BCUT2D eigenvalue weighted by molar-refractivity contribution is 6.03. The molecular weight excluding hydrogens is 387 g/mol. The van der Waals surface area contributed by atoms with Crippen LogP contribution in [0.15, 0.2) is 35.4 Å². The third kappa shape index (κ3) is 3.90. The van der Waals surface area contributed by atoms with Crippen molar-refractivity contribution >= 4 is 17.4 Å². The number of ether oxygens (including phenoxy) is 1. The quantitative estimate of drug-likeness (QED) is 0.807. The fraction of sp³-hybridized carbons (Fsp3) is 0.263. The maximum atomic E-state index is 14.6. The van der Waals surface area contributed by atoms with Crippen LogP contribution >= 0.6 is 0 Å². The molecule has 1 aliphatic heterocycles. The lowest BCUT2D eigenvalue weighted by Gasteiger charge is -2.33.